The Morgan fingerprint density at radius 3 is 2.78 bits per heavy atom. The quantitative estimate of drug-likeness (QED) is 0.764. The predicted octanol–water partition coefficient (Wildman–Crippen LogP) is 1.63. The summed E-state index contributed by atoms with van der Waals surface area (Å²) in [6, 6.07) is 6.39. The van der Waals surface area contributed by atoms with Gasteiger partial charge in [-0.05, 0) is 12.1 Å². The molecule has 2 aromatic rings. The Morgan fingerprint density at radius 2 is 2.22 bits per heavy atom. The molecule has 6 heteroatoms. The van der Waals surface area contributed by atoms with E-state index in [1.807, 2.05) is 0 Å². The van der Waals surface area contributed by atoms with Gasteiger partial charge in [-0.3, -0.25) is 5.10 Å². The van der Waals surface area contributed by atoms with Crippen molar-refractivity contribution >= 4 is 5.97 Å². The molecule has 3 N–H and O–H groups in total. The number of nitrogens with zero attached hydrogens (tertiary/aromatic N) is 1. The number of aromatic amines is 1. The van der Waals surface area contributed by atoms with Gasteiger partial charge in [-0.25, -0.2) is 4.79 Å². The molecule has 1 aromatic heterocycles. The Bertz CT molecular complexity index is 577. The molecule has 1 aromatic carbocycles. The molecule has 0 aliphatic heterocycles. The molecular formula is C12H12N2O4. The number of phenolic OH excluding ortho intramolecular Hbond substituents is 1. The average Bonchev–Trinajstić information content (AvgIpc) is 2.81. The van der Waals surface area contributed by atoms with Crippen LogP contribution in [0.1, 0.15) is 16.1 Å². The van der Waals surface area contributed by atoms with Crippen molar-refractivity contribution in [3.63, 3.8) is 0 Å². The number of benzene rings is 1. The molecule has 0 bridgehead atoms. The lowest BCUT2D eigenvalue weighted by Crippen LogP contribution is -1.95. The minimum absolute atomic E-state index is 0.00505. The lowest BCUT2D eigenvalue weighted by molar-refractivity contribution is 0.0690. The van der Waals surface area contributed by atoms with Crippen molar-refractivity contribution in [2.24, 2.45) is 0 Å². The molecule has 0 saturated heterocycles. The topological polar surface area (TPSA) is 95.4 Å². The first kappa shape index (κ1) is 12.1. The van der Waals surface area contributed by atoms with Crippen molar-refractivity contribution in [3.05, 3.63) is 35.5 Å². The lowest BCUT2D eigenvalue weighted by Gasteiger charge is -2.04. The number of carboxylic acids is 1. The average molecular weight is 248 g/mol. The number of phenols is 1. The molecule has 0 unspecified atom stereocenters. The lowest BCUT2D eigenvalue weighted by atomic mass is 10.1. The highest BCUT2D eigenvalue weighted by Gasteiger charge is 2.10. The number of hydrogen-bond acceptors (Lipinski definition) is 4. The van der Waals surface area contributed by atoms with Gasteiger partial charge in [0.1, 0.15) is 11.4 Å². The minimum Gasteiger partial charge on any atom is -0.508 e. The fourth-order valence-corrected chi connectivity index (χ4v) is 1.58. The number of ether oxygens (including phenoxy) is 1. The highest BCUT2D eigenvalue weighted by molar-refractivity contribution is 5.86. The van der Waals surface area contributed by atoms with Crippen LogP contribution in [0.4, 0.5) is 0 Å². The molecule has 2 rings (SSSR count). The van der Waals surface area contributed by atoms with Crippen LogP contribution in [0.15, 0.2) is 24.3 Å². The number of nitrogens with one attached hydrogen (secondary N) is 1. The molecule has 0 amide bonds. The highest BCUT2D eigenvalue weighted by atomic mass is 16.5. The smallest absolute Gasteiger partial charge is 0.353 e. The maximum absolute atomic E-state index is 10.7. The number of hydrogen-bond donors (Lipinski definition) is 3. The van der Waals surface area contributed by atoms with Crippen LogP contribution >= 0.6 is 0 Å². The van der Waals surface area contributed by atoms with Gasteiger partial charge in [0.25, 0.3) is 0 Å². The van der Waals surface area contributed by atoms with Crippen molar-refractivity contribution < 1.29 is 19.7 Å². The van der Waals surface area contributed by atoms with Gasteiger partial charge in [0, 0.05) is 18.2 Å². The number of carbonyl (C=O) groups is 1. The van der Waals surface area contributed by atoms with Gasteiger partial charge in [-0.2, -0.15) is 5.10 Å². The van der Waals surface area contributed by atoms with Crippen LogP contribution in [0.3, 0.4) is 0 Å². The fourth-order valence-electron chi connectivity index (χ4n) is 1.58. The number of aromatic nitrogens is 2. The van der Waals surface area contributed by atoms with E-state index in [1.54, 1.807) is 19.2 Å². The van der Waals surface area contributed by atoms with E-state index in [0.29, 0.717) is 23.4 Å². The summed E-state index contributed by atoms with van der Waals surface area (Å²) in [6.07, 6.45) is 0. The Hall–Kier alpha value is -2.34. The van der Waals surface area contributed by atoms with Gasteiger partial charge in [0.2, 0.25) is 0 Å². The van der Waals surface area contributed by atoms with Gasteiger partial charge in [0.05, 0.1) is 12.3 Å². The first-order valence-corrected chi connectivity index (χ1v) is 5.21. The van der Waals surface area contributed by atoms with Gasteiger partial charge < -0.3 is 14.9 Å². The van der Waals surface area contributed by atoms with Gasteiger partial charge >= 0.3 is 5.97 Å². The molecule has 1 heterocycles. The Kier molecular flexibility index (Phi) is 3.29. The Balaban J connectivity index is 2.33. The second-order valence-electron chi connectivity index (χ2n) is 3.75. The van der Waals surface area contributed by atoms with Gasteiger partial charge in [-0.15, -0.1) is 0 Å². The number of carboxylic acid groups (broad SMARTS) is 1. The van der Waals surface area contributed by atoms with Crippen molar-refractivity contribution in [2.75, 3.05) is 7.11 Å². The van der Waals surface area contributed by atoms with Crippen LogP contribution in [0.25, 0.3) is 11.3 Å². The highest BCUT2D eigenvalue weighted by Crippen LogP contribution is 2.26. The van der Waals surface area contributed by atoms with Crippen molar-refractivity contribution in [2.45, 2.75) is 6.61 Å². The normalized spacial score (nSPS) is 10.5. The number of aromatic carboxylic acids is 1. The van der Waals surface area contributed by atoms with E-state index in [1.165, 1.54) is 12.1 Å². The van der Waals surface area contributed by atoms with Crippen LogP contribution in [0.5, 0.6) is 5.75 Å². The summed E-state index contributed by atoms with van der Waals surface area (Å²) in [7, 11) is 1.54. The molecule has 18 heavy (non-hydrogen) atoms. The maximum atomic E-state index is 10.7. The van der Waals surface area contributed by atoms with Crippen LogP contribution in [0, 0.1) is 0 Å². The summed E-state index contributed by atoms with van der Waals surface area (Å²) >= 11 is 0. The summed E-state index contributed by atoms with van der Waals surface area (Å²) < 4.78 is 4.93. The largest absolute Gasteiger partial charge is 0.508 e. The molecule has 0 aliphatic rings. The van der Waals surface area contributed by atoms with Crippen molar-refractivity contribution in [1.29, 1.82) is 0 Å². The number of H-pyrrole nitrogens is 1. The van der Waals surface area contributed by atoms with Crippen LogP contribution in [0.2, 0.25) is 0 Å². The van der Waals surface area contributed by atoms with Gasteiger partial charge in [-0.1, -0.05) is 12.1 Å². The van der Waals surface area contributed by atoms with E-state index in [9.17, 15) is 9.90 Å². The summed E-state index contributed by atoms with van der Waals surface area (Å²) in [6.45, 7) is 0.313. The zero-order chi connectivity index (χ0) is 13.1. The molecule has 6 nitrogen and oxygen atoms in total. The third kappa shape index (κ3) is 2.33. The first-order valence-electron chi connectivity index (χ1n) is 5.21. The second-order valence-corrected chi connectivity index (χ2v) is 3.75. The molecule has 0 aliphatic carbocycles. The Labute approximate surface area is 103 Å². The summed E-state index contributed by atoms with van der Waals surface area (Å²) in [5.74, 6) is -0.983. The zero-order valence-corrected chi connectivity index (χ0v) is 9.67. The van der Waals surface area contributed by atoms with E-state index in [0.717, 1.165) is 0 Å². The number of methoxy groups -OCH3 is 1. The van der Waals surface area contributed by atoms with Crippen LogP contribution < -0.4 is 0 Å². The van der Waals surface area contributed by atoms with Crippen LogP contribution in [-0.2, 0) is 11.3 Å². The maximum Gasteiger partial charge on any atom is 0.353 e. The zero-order valence-electron chi connectivity index (χ0n) is 9.67. The molecule has 0 saturated carbocycles. The minimum atomic E-state index is -1.08. The summed E-state index contributed by atoms with van der Waals surface area (Å²) in [4.78, 5) is 10.7. The molecule has 94 valence electrons. The molecule has 0 spiro atoms. The number of rotatable bonds is 4. The van der Waals surface area contributed by atoms with E-state index < -0.39 is 5.97 Å². The predicted molar refractivity (Wildman–Crippen MR) is 63.4 cm³/mol. The first-order chi connectivity index (χ1) is 8.61. The SMILES string of the molecule is COCc1ccc(-c2cc(C(=O)O)[nH]n2)cc1O. The second kappa shape index (κ2) is 4.89. The van der Waals surface area contributed by atoms with Crippen LogP contribution in [-0.4, -0.2) is 33.5 Å². The van der Waals surface area contributed by atoms with E-state index in [-0.39, 0.29) is 11.4 Å². The molecule has 0 atom stereocenters. The third-order valence-corrected chi connectivity index (χ3v) is 2.49. The molecule has 0 fully saturated rings. The molecular weight excluding hydrogens is 236 g/mol. The van der Waals surface area contributed by atoms with E-state index >= 15 is 0 Å². The third-order valence-electron chi connectivity index (χ3n) is 2.49. The monoisotopic (exact) mass is 248 g/mol. The van der Waals surface area contributed by atoms with Crippen molar-refractivity contribution in [1.82, 2.24) is 10.2 Å². The summed E-state index contributed by atoms with van der Waals surface area (Å²) in [5, 5.41) is 24.8. The number of aromatic hydroxyl groups is 1. The fraction of sp³-hybridized carbons (Fsp3) is 0.167. The van der Waals surface area contributed by atoms with E-state index in [2.05, 4.69) is 10.2 Å². The van der Waals surface area contributed by atoms with Crippen molar-refractivity contribution in [3.8, 4) is 17.0 Å². The Morgan fingerprint density at radius 1 is 1.44 bits per heavy atom. The van der Waals surface area contributed by atoms with Gasteiger partial charge in [0.15, 0.2) is 0 Å². The molecule has 0 radical (unpaired) electrons. The van der Waals surface area contributed by atoms with E-state index in [4.69, 9.17) is 9.84 Å². The summed E-state index contributed by atoms with van der Waals surface area (Å²) in [5.41, 5.74) is 1.77. The standard InChI is InChI=1S/C12H12N2O4/c1-18-6-8-3-2-7(4-11(8)15)9-5-10(12(16)17)14-13-9/h2-5,15H,6H2,1H3,(H,13,14)(H,16,17).